The summed E-state index contributed by atoms with van der Waals surface area (Å²) in [5.74, 6) is 0.000219. The largest absolute Gasteiger partial charge is 0.349 e. The Kier molecular flexibility index (Phi) is 4.69. The number of nitrogens with zero attached hydrogens (tertiary/aromatic N) is 4. The lowest BCUT2D eigenvalue weighted by atomic mass is 9.96. The molecule has 1 unspecified atom stereocenters. The van der Waals surface area contributed by atoms with Crippen molar-refractivity contribution in [2.45, 2.75) is 25.6 Å². The highest BCUT2D eigenvalue weighted by Gasteiger charge is 2.42. The molecule has 1 atom stereocenters. The molecule has 2 aromatic heterocycles. The summed E-state index contributed by atoms with van der Waals surface area (Å²) in [6.07, 6.45) is 2.60. The van der Waals surface area contributed by atoms with Gasteiger partial charge >= 0.3 is 0 Å². The molecule has 0 saturated heterocycles. The first-order valence-electron chi connectivity index (χ1n) is 11.1. The first kappa shape index (κ1) is 20.0. The van der Waals surface area contributed by atoms with Crippen LogP contribution in [0.15, 0.2) is 60.1 Å². The van der Waals surface area contributed by atoms with Crippen molar-refractivity contribution < 1.29 is 9.59 Å². The Morgan fingerprint density at radius 3 is 2.85 bits per heavy atom. The summed E-state index contributed by atoms with van der Waals surface area (Å²) in [4.78, 5) is 34.3. The van der Waals surface area contributed by atoms with Crippen LogP contribution in [-0.4, -0.2) is 39.9 Å². The lowest BCUT2D eigenvalue weighted by Crippen LogP contribution is -2.51. The maximum absolute atomic E-state index is 13.4. The Morgan fingerprint density at radius 1 is 1.18 bits per heavy atom. The molecule has 2 aliphatic heterocycles. The standard InChI is InChI=1S/C25H23N5O2S/c1-28-19-8-4-3-7-18(19)24(32)30-13-10-17-16-6-2-5-9-20(16)29(22(17)23(28)30)14-11-21(31)27-25-26-12-15-33-25/h2-9,12,15,23H,10-11,13-14H2,1H3,(H,26,27,31). The normalized spacial score (nSPS) is 17.0. The van der Waals surface area contributed by atoms with Gasteiger partial charge in [0.15, 0.2) is 5.13 Å². The van der Waals surface area contributed by atoms with Gasteiger partial charge in [-0.1, -0.05) is 30.3 Å². The lowest BCUT2D eigenvalue weighted by molar-refractivity contribution is -0.116. The van der Waals surface area contributed by atoms with Gasteiger partial charge in [0.05, 0.1) is 16.9 Å². The van der Waals surface area contributed by atoms with E-state index in [0.717, 1.165) is 28.9 Å². The number of nitrogens with one attached hydrogen (secondary N) is 1. The van der Waals surface area contributed by atoms with Crippen molar-refractivity contribution in [3.05, 3.63) is 76.9 Å². The predicted molar refractivity (Wildman–Crippen MR) is 130 cm³/mol. The molecule has 6 rings (SSSR count). The third-order valence-electron chi connectivity index (χ3n) is 6.65. The zero-order chi connectivity index (χ0) is 22.5. The van der Waals surface area contributed by atoms with Crippen LogP contribution in [0.3, 0.4) is 0 Å². The van der Waals surface area contributed by atoms with Crippen molar-refractivity contribution >= 4 is 44.9 Å². The van der Waals surface area contributed by atoms with Gasteiger partial charge in [-0.25, -0.2) is 4.98 Å². The quantitative estimate of drug-likeness (QED) is 0.497. The molecular formula is C25H23N5O2S. The highest BCUT2D eigenvalue weighted by molar-refractivity contribution is 7.13. The first-order valence-corrected chi connectivity index (χ1v) is 11.9. The molecule has 7 nitrogen and oxygen atoms in total. The minimum absolute atomic E-state index is 0.0671. The number of aromatic nitrogens is 2. The highest BCUT2D eigenvalue weighted by Crippen LogP contribution is 2.44. The molecule has 4 heterocycles. The van der Waals surface area contributed by atoms with Crippen molar-refractivity contribution in [3.63, 3.8) is 0 Å². The van der Waals surface area contributed by atoms with E-state index < -0.39 is 0 Å². The van der Waals surface area contributed by atoms with Gasteiger partial charge in [-0.2, -0.15) is 0 Å². The molecule has 1 N–H and O–H groups in total. The number of aryl methyl sites for hydroxylation is 1. The summed E-state index contributed by atoms with van der Waals surface area (Å²) in [5.41, 5.74) is 5.16. The SMILES string of the molecule is CN1c2ccccc2C(=O)N2CCc3c(n(CCC(=O)Nc4nccs4)c4ccccc34)C21. The number of para-hydroxylation sites is 2. The maximum atomic E-state index is 13.4. The average molecular weight is 458 g/mol. The summed E-state index contributed by atoms with van der Waals surface area (Å²) in [7, 11) is 2.05. The van der Waals surface area contributed by atoms with Gasteiger partial charge in [0.2, 0.25) is 5.91 Å². The average Bonchev–Trinajstić information content (AvgIpc) is 3.46. The monoisotopic (exact) mass is 457 g/mol. The van der Waals surface area contributed by atoms with Gasteiger partial charge in [0.1, 0.15) is 6.17 Å². The second-order valence-corrected chi connectivity index (χ2v) is 9.31. The Bertz CT molecular complexity index is 1380. The number of thiazole rings is 1. The number of fused-ring (bicyclic) bond motifs is 6. The number of hydrogen-bond donors (Lipinski definition) is 1. The Morgan fingerprint density at radius 2 is 2.00 bits per heavy atom. The van der Waals surface area contributed by atoms with Gasteiger partial charge < -0.3 is 19.7 Å². The molecular weight excluding hydrogens is 434 g/mol. The smallest absolute Gasteiger partial charge is 0.257 e. The summed E-state index contributed by atoms with van der Waals surface area (Å²) in [6, 6.07) is 16.1. The van der Waals surface area contributed by atoms with E-state index in [1.54, 1.807) is 6.20 Å². The zero-order valence-corrected chi connectivity index (χ0v) is 19.0. The van der Waals surface area contributed by atoms with Crippen molar-refractivity contribution in [3.8, 4) is 0 Å². The van der Waals surface area contributed by atoms with Gasteiger partial charge in [-0.3, -0.25) is 9.59 Å². The molecule has 0 fully saturated rings. The molecule has 0 radical (unpaired) electrons. The van der Waals surface area contributed by atoms with Crippen LogP contribution < -0.4 is 10.2 Å². The van der Waals surface area contributed by atoms with Crippen molar-refractivity contribution in [2.75, 3.05) is 23.8 Å². The zero-order valence-electron chi connectivity index (χ0n) is 18.2. The highest BCUT2D eigenvalue weighted by atomic mass is 32.1. The van der Waals surface area contributed by atoms with E-state index in [9.17, 15) is 9.59 Å². The number of hydrogen-bond acceptors (Lipinski definition) is 5. The Balaban J connectivity index is 1.42. The number of carbonyl (C=O) groups excluding carboxylic acids is 2. The molecule has 8 heteroatoms. The molecule has 33 heavy (non-hydrogen) atoms. The summed E-state index contributed by atoms with van der Waals surface area (Å²) in [6.45, 7) is 1.20. The van der Waals surface area contributed by atoms with Crippen LogP contribution >= 0.6 is 11.3 Å². The molecule has 166 valence electrons. The fraction of sp³-hybridized carbons (Fsp3) is 0.240. The van der Waals surface area contributed by atoms with Crippen LogP contribution in [0.25, 0.3) is 10.9 Å². The van der Waals surface area contributed by atoms with E-state index in [1.165, 1.54) is 22.3 Å². The summed E-state index contributed by atoms with van der Waals surface area (Å²) in [5, 5.41) is 6.53. The number of carbonyl (C=O) groups is 2. The fourth-order valence-electron chi connectivity index (χ4n) is 5.23. The second kappa shape index (κ2) is 7.74. The minimum Gasteiger partial charge on any atom is -0.349 e. The topological polar surface area (TPSA) is 70.5 Å². The van der Waals surface area contributed by atoms with E-state index in [-0.39, 0.29) is 18.0 Å². The maximum Gasteiger partial charge on any atom is 0.257 e. The molecule has 2 amide bonds. The number of benzene rings is 2. The molecule has 2 aliphatic rings. The molecule has 0 bridgehead atoms. The van der Waals surface area contributed by atoms with Crippen LogP contribution in [0.4, 0.5) is 10.8 Å². The van der Waals surface area contributed by atoms with E-state index in [0.29, 0.717) is 24.6 Å². The Hall–Kier alpha value is -3.65. The molecule has 0 spiro atoms. The number of amides is 2. The second-order valence-electron chi connectivity index (χ2n) is 8.42. The molecule has 2 aromatic carbocycles. The number of anilines is 2. The van der Waals surface area contributed by atoms with E-state index in [4.69, 9.17) is 0 Å². The summed E-state index contributed by atoms with van der Waals surface area (Å²) < 4.78 is 2.24. The van der Waals surface area contributed by atoms with E-state index in [2.05, 4.69) is 45.0 Å². The van der Waals surface area contributed by atoms with Crippen LogP contribution in [0.1, 0.15) is 34.2 Å². The predicted octanol–water partition coefficient (Wildman–Crippen LogP) is 4.27. The van der Waals surface area contributed by atoms with Crippen LogP contribution in [0.2, 0.25) is 0 Å². The van der Waals surface area contributed by atoms with E-state index in [1.807, 2.05) is 40.6 Å². The molecule has 0 aliphatic carbocycles. The van der Waals surface area contributed by atoms with Gasteiger partial charge in [-0.15, -0.1) is 11.3 Å². The lowest BCUT2D eigenvalue weighted by Gasteiger charge is -2.46. The van der Waals surface area contributed by atoms with Crippen LogP contribution in [-0.2, 0) is 17.8 Å². The Labute approximate surface area is 195 Å². The van der Waals surface area contributed by atoms with Gasteiger partial charge in [0, 0.05) is 49.0 Å². The van der Waals surface area contributed by atoms with Gasteiger partial charge in [-0.05, 0) is 30.2 Å². The third kappa shape index (κ3) is 3.13. The van der Waals surface area contributed by atoms with Crippen molar-refractivity contribution in [1.29, 1.82) is 0 Å². The molecule has 0 saturated carbocycles. The van der Waals surface area contributed by atoms with E-state index >= 15 is 0 Å². The minimum atomic E-state index is -0.203. The summed E-state index contributed by atoms with van der Waals surface area (Å²) >= 11 is 1.41. The van der Waals surface area contributed by atoms with Crippen LogP contribution in [0, 0.1) is 0 Å². The fourth-order valence-corrected chi connectivity index (χ4v) is 5.77. The first-order chi connectivity index (χ1) is 16.1. The van der Waals surface area contributed by atoms with Crippen molar-refractivity contribution in [2.24, 2.45) is 0 Å². The van der Waals surface area contributed by atoms with Gasteiger partial charge in [0.25, 0.3) is 5.91 Å². The van der Waals surface area contributed by atoms with Crippen molar-refractivity contribution in [1.82, 2.24) is 14.5 Å². The number of rotatable bonds is 4. The molecule has 4 aromatic rings. The van der Waals surface area contributed by atoms with Crippen LogP contribution in [0.5, 0.6) is 0 Å². The third-order valence-corrected chi connectivity index (χ3v) is 7.33.